The molecule has 0 spiro atoms. The minimum atomic E-state index is 0.799. The molecule has 0 aliphatic rings. The van der Waals surface area contributed by atoms with E-state index in [9.17, 15) is 0 Å². The van der Waals surface area contributed by atoms with E-state index < -0.39 is 0 Å². The van der Waals surface area contributed by atoms with Gasteiger partial charge < -0.3 is 14.6 Å². The molecule has 0 amide bonds. The van der Waals surface area contributed by atoms with Crippen molar-refractivity contribution in [2.75, 3.05) is 12.4 Å². The fourth-order valence-electron chi connectivity index (χ4n) is 1.61. The van der Waals surface area contributed by atoms with Gasteiger partial charge in [0.2, 0.25) is 5.95 Å². The molecule has 17 heavy (non-hydrogen) atoms. The molecule has 0 aliphatic carbocycles. The number of imidazole rings is 1. The summed E-state index contributed by atoms with van der Waals surface area (Å²) in [5, 5.41) is 3.25. The Morgan fingerprint density at radius 3 is 2.71 bits per heavy atom. The van der Waals surface area contributed by atoms with Crippen molar-refractivity contribution in [2.24, 2.45) is 7.05 Å². The van der Waals surface area contributed by atoms with Gasteiger partial charge >= 0.3 is 0 Å². The van der Waals surface area contributed by atoms with Gasteiger partial charge in [0.25, 0.3) is 0 Å². The van der Waals surface area contributed by atoms with Crippen molar-refractivity contribution in [3.8, 4) is 5.75 Å². The lowest BCUT2D eigenvalue weighted by atomic mass is 10.3. The van der Waals surface area contributed by atoms with E-state index in [0.29, 0.717) is 0 Å². The molecule has 0 atom stereocenters. The average molecular weight is 296 g/mol. The molecule has 90 valence electrons. The zero-order valence-electron chi connectivity index (χ0n) is 9.99. The lowest BCUT2D eigenvalue weighted by Gasteiger charge is -2.08. The Kier molecular flexibility index (Phi) is 3.38. The lowest BCUT2D eigenvalue weighted by Crippen LogP contribution is -1.98. The molecule has 0 saturated heterocycles. The molecule has 2 rings (SSSR count). The molecule has 1 aromatic heterocycles. The number of aryl methyl sites for hydroxylation is 2. The van der Waals surface area contributed by atoms with E-state index in [1.54, 1.807) is 7.11 Å². The van der Waals surface area contributed by atoms with Crippen LogP contribution in [0.3, 0.4) is 0 Å². The second-order valence-corrected chi connectivity index (χ2v) is 4.74. The van der Waals surface area contributed by atoms with Gasteiger partial charge in [-0.25, -0.2) is 4.98 Å². The number of hydrogen-bond acceptors (Lipinski definition) is 3. The van der Waals surface area contributed by atoms with Crippen molar-refractivity contribution in [2.45, 2.75) is 6.92 Å². The van der Waals surface area contributed by atoms with E-state index >= 15 is 0 Å². The van der Waals surface area contributed by atoms with Gasteiger partial charge in [0.15, 0.2) is 0 Å². The zero-order chi connectivity index (χ0) is 12.4. The van der Waals surface area contributed by atoms with Crippen LogP contribution in [0.15, 0.2) is 28.9 Å². The van der Waals surface area contributed by atoms with Gasteiger partial charge in [0, 0.05) is 29.5 Å². The molecule has 0 aliphatic heterocycles. The van der Waals surface area contributed by atoms with Crippen molar-refractivity contribution in [1.82, 2.24) is 9.55 Å². The van der Waals surface area contributed by atoms with Crippen LogP contribution in [0.4, 0.5) is 11.6 Å². The minimum Gasteiger partial charge on any atom is -0.497 e. The van der Waals surface area contributed by atoms with Gasteiger partial charge in [-0.15, -0.1) is 0 Å². The minimum absolute atomic E-state index is 0.799. The van der Waals surface area contributed by atoms with E-state index in [2.05, 4.69) is 26.2 Å². The Hall–Kier alpha value is -1.49. The maximum absolute atomic E-state index is 5.21. The molecule has 2 aromatic rings. The molecule has 1 N–H and O–H groups in total. The summed E-state index contributed by atoms with van der Waals surface area (Å²) in [5.41, 5.74) is 1.92. The summed E-state index contributed by atoms with van der Waals surface area (Å²) in [7, 11) is 3.61. The van der Waals surface area contributed by atoms with E-state index in [0.717, 1.165) is 27.6 Å². The highest BCUT2D eigenvalue weighted by atomic mass is 79.9. The van der Waals surface area contributed by atoms with Crippen molar-refractivity contribution in [3.05, 3.63) is 34.6 Å². The van der Waals surface area contributed by atoms with Crippen molar-refractivity contribution in [1.29, 1.82) is 0 Å². The SMILES string of the molecule is COc1cc(Br)cc(Nc2nc(C)cn2C)c1. The second-order valence-electron chi connectivity index (χ2n) is 3.82. The highest BCUT2D eigenvalue weighted by molar-refractivity contribution is 9.10. The maximum Gasteiger partial charge on any atom is 0.207 e. The van der Waals surface area contributed by atoms with Crippen LogP contribution in [0, 0.1) is 6.92 Å². The van der Waals surface area contributed by atoms with E-state index in [1.165, 1.54) is 0 Å². The number of nitrogens with one attached hydrogen (secondary N) is 1. The number of methoxy groups -OCH3 is 1. The number of anilines is 2. The predicted octanol–water partition coefficient (Wildman–Crippen LogP) is 3.24. The number of halogens is 1. The summed E-state index contributed by atoms with van der Waals surface area (Å²) in [6, 6.07) is 5.82. The molecule has 1 aromatic carbocycles. The van der Waals surface area contributed by atoms with E-state index in [1.807, 2.05) is 42.9 Å². The second kappa shape index (κ2) is 4.79. The number of rotatable bonds is 3. The zero-order valence-corrected chi connectivity index (χ0v) is 11.6. The normalized spacial score (nSPS) is 10.4. The van der Waals surface area contributed by atoms with Crippen molar-refractivity contribution >= 4 is 27.6 Å². The third kappa shape index (κ3) is 2.79. The summed E-state index contributed by atoms with van der Waals surface area (Å²) in [6.07, 6.45) is 1.97. The quantitative estimate of drug-likeness (QED) is 0.945. The van der Waals surface area contributed by atoms with E-state index in [4.69, 9.17) is 4.74 Å². The van der Waals surface area contributed by atoms with Crippen LogP contribution in [-0.2, 0) is 7.05 Å². The van der Waals surface area contributed by atoms with Crippen LogP contribution < -0.4 is 10.1 Å². The van der Waals surface area contributed by atoms with Crippen LogP contribution in [0.2, 0.25) is 0 Å². The number of hydrogen-bond donors (Lipinski definition) is 1. The first-order valence-electron chi connectivity index (χ1n) is 5.20. The van der Waals surface area contributed by atoms with Gasteiger partial charge in [-0.3, -0.25) is 0 Å². The van der Waals surface area contributed by atoms with Crippen molar-refractivity contribution < 1.29 is 4.74 Å². The van der Waals surface area contributed by atoms with E-state index in [-0.39, 0.29) is 0 Å². The average Bonchev–Trinajstić information content (AvgIpc) is 2.56. The monoisotopic (exact) mass is 295 g/mol. The molecule has 0 fully saturated rings. The smallest absolute Gasteiger partial charge is 0.207 e. The molecule has 1 heterocycles. The largest absolute Gasteiger partial charge is 0.497 e. The first-order chi connectivity index (χ1) is 8.08. The third-order valence-corrected chi connectivity index (χ3v) is 2.82. The van der Waals surface area contributed by atoms with Crippen LogP contribution in [0.25, 0.3) is 0 Å². The Morgan fingerprint density at radius 2 is 2.12 bits per heavy atom. The Bertz CT molecular complexity index is 537. The van der Waals surface area contributed by atoms with Gasteiger partial charge in [-0.2, -0.15) is 0 Å². The highest BCUT2D eigenvalue weighted by Crippen LogP contribution is 2.26. The van der Waals surface area contributed by atoms with Gasteiger partial charge in [0.1, 0.15) is 5.75 Å². The fraction of sp³-hybridized carbons (Fsp3) is 0.250. The molecule has 4 nitrogen and oxygen atoms in total. The number of benzene rings is 1. The molecular weight excluding hydrogens is 282 g/mol. The molecule has 0 unspecified atom stereocenters. The maximum atomic E-state index is 5.21. The Labute approximate surface area is 109 Å². The standard InChI is InChI=1S/C12H14BrN3O/c1-8-7-16(2)12(14-8)15-10-4-9(13)5-11(6-10)17-3/h4-7H,1-3H3,(H,14,15). The summed E-state index contributed by atoms with van der Waals surface area (Å²) in [6.45, 7) is 1.96. The van der Waals surface area contributed by atoms with Crippen LogP contribution in [-0.4, -0.2) is 16.7 Å². The van der Waals surface area contributed by atoms with Crippen LogP contribution >= 0.6 is 15.9 Å². The number of nitrogens with zero attached hydrogens (tertiary/aromatic N) is 2. The number of aromatic nitrogens is 2. The first kappa shape index (κ1) is 12.0. The molecule has 0 radical (unpaired) electrons. The van der Waals surface area contributed by atoms with Gasteiger partial charge in [-0.05, 0) is 19.1 Å². The van der Waals surface area contributed by atoms with Crippen LogP contribution in [0.5, 0.6) is 5.75 Å². The topological polar surface area (TPSA) is 39.1 Å². The summed E-state index contributed by atoms with van der Waals surface area (Å²) >= 11 is 3.44. The molecular formula is C12H14BrN3O. The third-order valence-electron chi connectivity index (χ3n) is 2.36. The van der Waals surface area contributed by atoms with Crippen molar-refractivity contribution in [3.63, 3.8) is 0 Å². The summed E-state index contributed by atoms with van der Waals surface area (Å²) < 4.78 is 8.12. The van der Waals surface area contributed by atoms with Crippen LogP contribution in [0.1, 0.15) is 5.69 Å². The fourth-order valence-corrected chi connectivity index (χ4v) is 2.09. The predicted molar refractivity (Wildman–Crippen MR) is 71.9 cm³/mol. The Morgan fingerprint density at radius 1 is 1.35 bits per heavy atom. The summed E-state index contributed by atoms with van der Waals surface area (Å²) in [4.78, 5) is 4.39. The molecule has 5 heteroatoms. The van der Waals surface area contributed by atoms with Gasteiger partial charge in [0.05, 0.1) is 12.8 Å². The van der Waals surface area contributed by atoms with Gasteiger partial charge in [-0.1, -0.05) is 15.9 Å². The lowest BCUT2D eigenvalue weighted by molar-refractivity contribution is 0.415. The molecule has 0 bridgehead atoms. The molecule has 0 saturated carbocycles. The first-order valence-corrected chi connectivity index (χ1v) is 5.99. The highest BCUT2D eigenvalue weighted by Gasteiger charge is 2.04. The number of ether oxygens (including phenoxy) is 1. The summed E-state index contributed by atoms with van der Waals surface area (Å²) in [5.74, 6) is 1.61. The Balaban J connectivity index is 2.29.